The summed E-state index contributed by atoms with van der Waals surface area (Å²) in [6.45, 7) is 4.92. The van der Waals surface area contributed by atoms with E-state index in [0.717, 1.165) is 12.1 Å². The number of hydrogen-bond acceptors (Lipinski definition) is 6. The van der Waals surface area contributed by atoms with E-state index in [1.807, 2.05) is 49.7 Å². The highest BCUT2D eigenvalue weighted by Crippen LogP contribution is 2.25. The number of pyridine rings is 1. The number of thiophene rings is 1. The number of amides is 1. The molecule has 0 spiro atoms. The standard InChI is InChI=1S/C25H26N4O3S/c1-18(2)32-23-14-20(13-22(15-23)31-11-7-19-8-12-33-17-19)25(30)27-24-6-10-29(28-24)16-21-5-3-4-9-26-21/h3-6,8-10,12-15,17-18H,7,11,16H2,1-2H3,(H,27,28,30). The molecular weight excluding hydrogens is 436 g/mol. The van der Waals surface area contributed by atoms with Crippen LogP contribution in [0.3, 0.4) is 0 Å². The molecule has 0 aliphatic heterocycles. The van der Waals surface area contributed by atoms with Crippen molar-refractivity contribution in [1.29, 1.82) is 0 Å². The van der Waals surface area contributed by atoms with Crippen molar-refractivity contribution in [1.82, 2.24) is 14.8 Å². The lowest BCUT2D eigenvalue weighted by molar-refractivity contribution is 0.102. The lowest BCUT2D eigenvalue weighted by Gasteiger charge is -2.14. The van der Waals surface area contributed by atoms with Crippen LogP contribution in [0.2, 0.25) is 0 Å². The summed E-state index contributed by atoms with van der Waals surface area (Å²) >= 11 is 1.66. The number of hydrogen-bond donors (Lipinski definition) is 1. The number of aromatic nitrogens is 3. The third-order valence-corrected chi connectivity index (χ3v) is 5.42. The first-order valence-electron chi connectivity index (χ1n) is 10.8. The number of nitrogens with zero attached hydrogens (tertiary/aromatic N) is 3. The maximum absolute atomic E-state index is 12.9. The Morgan fingerprint density at radius 2 is 2.03 bits per heavy atom. The predicted octanol–water partition coefficient (Wildman–Crippen LogP) is 5.05. The van der Waals surface area contributed by atoms with Gasteiger partial charge in [-0.15, -0.1) is 0 Å². The van der Waals surface area contributed by atoms with Crippen molar-refractivity contribution in [2.75, 3.05) is 11.9 Å². The van der Waals surface area contributed by atoms with Gasteiger partial charge in [-0.05, 0) is 60.5 Å². The molecule has 1 amide bonds. The van der Waals surface area contributed by atoms with Gasteiger partial charge in [0, 0.05) is 36.5 Å². The van der Waals surface area contributed by atoms with E-state index in [4.69, 9.17) is 9.47 Å². The smallest absolute Gasteiger partial charge is 0.257 e. The highest BCUT2D eigenvalue weighted by Gasteiger charge is 2.13. The fraction of sp³-hybridized carbons (Fsp3) is 0.240. The predicted molar refractivity (Wildman–Crippen MR) is 129 cm³/mol. The van der Waals surface area contributed by atoms with E-state index in [9.17, 15) is 4.79 Å². The molecule has 0 aliphatic rings. The van der Waals surface area contributed by atoms with E-state index in [1.165, 1.54) is 5.56 Å². The quantitative estimate of drug-likeness (QED) is 0.357. The van der Waals surface area contributed by atoms with Gasteiger partial charge in [0.15, 0.2) is 5.82 Å². The minimum atomic E-state index is -0.282. The van der Waals surface area contributed by atoms with Crippen LogP contribution in [0.25, 0.3) is 0 Å². The van der Waals surface area contributed by atoms with Crippen molar-refractivity contribution in [3.63, 3.8) is 0 Å². The van der Waals surface area contributed by atoms with Crippen LogP contribution in [0.4, 0.5) is 5.82 Å². The van der Waals surface area contributed by atoms with E-state index in [2.05, 4.69) is 26.8 Å². The molecule has 0 radical (unpaired) electrons. The topological polar surface area (TPSA) is 78.3 Å². The summed E-state index contributed by atoms with van der Waals surface area (Å²) in [5.41, 5.74) is 2.56. The molecule has 0 aliphatic carbocycles. The third-order valence-electron chi connectivity index (χ3n) is 4.69. The molecule has 0 atom stereocenters. The lowest BCUT2D eigenvalue weighted by atomic mass is 10.2. The van der Waals surface area contributed by atoms with E-state index in [0.29, 0.717) is 36.0 Å². The number of carbonyl (C=O) groups excluding carboxylic acids is 1. The summed E-state index contributed by atoms with van der Waals surface area (Å²) in [6, 6.07) is 14.8. The zero-order chi connectivity index (χ0) is 23.0. The first-order valence-corrected chi connectivity index (χ1v) is 11.7. The van der Waals surface area contributed by atoms with Gasteiger partial charge in [-0.2, -0.15) is 16.4 Å². The van der Waals surface area contributed by atoms with E-state index in [-0.39, 0.29) is 12.0 Å². The SMILES string of the molecule is CC(C)Oc1cc(OCCc2ccsc2)cc(C(=O)Nc2ccn(Cc3ccccn3)n2)c1. The van der Waals surface area contributed by atoms with Crippen LogP contribution in [0.5, 0.6) is 11.5 Å². The zero-order valence-electron chi connectivity index (χ0n) is 18.6. The van der Waals surface area contributed by atoms with Gasteiger partial charge in [-0.3, -0.25) is 14.5 Å². The summed E-state index contributed by atoms with van der Waals surface area (Å²) in [4.78, 5) is 17.3. The Kier molecular flexibility index (Phi) is 7.36. The molecule has 0 fully saturated rings. The van der Waals surface area contributed by atoms with Crippen LogP contribution < -0.4 is 14.8 Å². The fourth-order valence-corrected chi connectivity index (χ4v) is 3.91. The first-order chi connectivity index (χ1) is 16.0. The molecule has 7 nitrogen and oxygen atoms in total. The van der Waals surface area contributed by atoms with Gasteiger partial charge in [0.05, 0.1) is 24.9 Å². The maximum Gasteiger partial charge on any atom is 0.257 e. The molecule has 3 aromatic heterocycles. The van der Waals surface area contributed by atoms with E-state index >= 15 is 0 Å². The molecule has 8 heteroatoms. The summed E-state index contributed by atoms with van der Waals surface area (Å²) in [7, 11) is 0. The van der Waals surface area contributed by atoms with Gasteiger partial charge >= 0.3 is 0 Å². The Morgan fingerprint density at radius 1 is 1.15 bits per heavy atom. The average molecular weight is 463 g/mol. The van der Waals surface area contributed by atoms with Gasteiger partial charge in [-0.25, -0.2) is 0 Å². The number of carbonyl (C=O) groups is 1. The Balaban J connectivity index is 1.44. The highest BCUT2D eigenvalue weighted by atomic mass is 32.1. The van der Waals surface area contributed by atoms with Gasteiger partial charge < -0.3 is 14.8 Å². The molecule has 1 N–H and O–H groups in total. The molecule has 0 saturated heterocycles. The summed E-state index contributed by atoms with van der Waals surface area (Å²) in [5, 5.41) is 11.4. The monoisotopic (exact) mass is 462 g/mol. The van der Waals surface area contributed by atoms with Gasteiger partial charge in [0.2, 0.25) is 0 Å². The number of ether oxygens (including phenoxy) is 2. The van der Waals surface area contributed by atoms with Crippen molar-refractivity contribution in [3.8, 4) is 11.5 Å². The van der Waals surface area contributed by atoms with Crippen molar-refractivity contribution in [3.05, 3.63) is 88.5 Å². The van der Waals surface area contributed by atoms with Crippen molar-refractivity contribution in [2.24, 2.45) is 0 Å². The molecule has 0 saturated carbocycles. The number of benzene rings is 1. The van der Waals surface area contributed by atoms with Crippen LogP contribution in [0.1, 0.15) is 35.5 Å². The molecule has 1 aromatic carbocycles. The molecule has 0 unspecified atom stereocenters. The second-order valence-electron chi connectivity index (χ2n) is 7.76. The summed E-state index contributed by atoms with van der Waals surface area (Å²) < 4.78 is 13.5. The zero-order valence-corrected chi connectivity index (χ0v) is 19.4. The third kappa shape index (κ3) is 6.66. The molecule has 3 heterocycles. The Labute approximate surface area is 197 Å². The molecule has 170 valence electrons. The molecule has 33 heavy (non-hydrogen) atoms. The van der Waals surface area contributed by atoms with E-state index < -0.39 is 0 Å². The van der Waals surface area contributed by atoms with E-state index in [1.54, 1.807) is 40.4 Å². The lowest BCUT2D eigenvalue weighted by Crippen LogP contribution is -2.14. The summed E-state index contributed by atoms with van der Waals surface area (Å²) in [6.07, 6.45) is 4.33. The molecule has 4 aromatic rings. The van der Waals surface area contributed by atoms with Gasteiger partial charge in [-0.1, -0.05) is 6.07 Å². The average Bonchev–Trinajstić information content (AvgIpc) is 3.46. The second-order valence-corrected chi connectivity index (χ2v) is 8.54. The Bertz CT molecular complexity index is 1170. The van der Waals surface area contributed by atoms with Crippen molar-refractivity contribution in [2.45, 2.75) is 32.9 Å². The number of rotatable bonds is 10. The van der Waals surface area contributed by atoms with Crippen LogP contribution in [-0.4, -0.2) is 33.4 Å². The summed E-state index contributed by atoms with van der Waals surface area (Å²) in [5.74, 6) is 1.36. The second kappa shape index (κ2) is 10.8. The normalized spacial score (nSPS) is 10.9. The van der Waals surface area contributed by atoms with Crippen molar-refractivity contribution < 1.29 is 14.3 Å². The first kappa shape index (κ1) is 22.5. The Hall–Kier alpha value is -3.65. The minimum Gasteiger partial charge on any atom is -0.493 e. The fourth-order valence-electron chi connectivity index (χ4n) is 3.21. The van der Waals surface area contributed by atoms with Crippen LogP contribution >= 0.6 is 11.3 Å². The largest absolute Gasteiger partial charge is 0.493 e. The molecule has 0 bridgehead atoms. The minimum absolute atomic E-state index is 0.0238. The highest BCUT2D eigenvalue weighted by molar-refractivity contribution is 7.07. The maximum atomic E-state index is 12.9. The van der Waals surface area contributed by atoms with Gasteiger partial charge in [0.25, 0.3) is 5.91 Å². The van der Waals surface area contributed by atoms with Gasteiger partial charge in [0.1, 0.15) is 11.5 Å². The molecular formula is C25H26N4O3S. The Morgan fingerprint density at radius 3 is 2.79 bits per heavy atom. The number of nitrogens with one attached hydrogen (secondary N) is 1. The van der Waals surface area contributed by atoms with Crippen LogP contribution in [0, 0.1) is 0 Å². The van der Waals surface area contributed by atoms with Crippen molar-refractivity contribution >= 4 is 23.1 Å². The molecule has 4 rings (SSSR count). The van der Waals surface area contributed by atoms with Crippen LogP contribution in [0.15, 0.2) is 71.7 Å². The number of anilines is 1. The van der Waals surface area contributed by atoms with Crippen LogP contribution in [-0.2, 0) is 13.0 Å².